The van der Waals surface area contributed by atoms with E-state index in [-0.39, 0.29) is 5.91 Å². The molecular formula is C23H26ClN3OS. The second-order valence-electron chi connectivity index (χ2n) is 7.04. The summed E-state index contributed by atoms with van der Waals surface area (Å²) in [7, 11) is 0. The van der Waals surface area contributed by atoms with Crippen LogP contribution in [-0.4, -0.2) is 22.4 Å². The van der Waals surface area contributed by atoms with Gasteiger partial charge in [-0.15, -0.1) is 11.3 Å². The Morgan fingerprint density at radius 1 is 1.07 bits per heavy atom. The third-order valence-corrected chi connectivity index (χ3v) is 6.01. The molecule has 0 aliphatic heterocycles. The Morgan fingerprint density at radius 3 is 2.41 bits per heavy atom. The van der Waals surface area contributed by atoms with Gasteiger partial charge in [0.15, 0.2) is 5.82 Å². The van der Waals surface area contributed by atoms with E-state index in [0.717, 1.165) is 57.8 Å². The Hall–Kier alpha value is -2.24. The summed E-state index contributed by atoms with van der Waals surface area (Å²) in [5.41, 5.74) is 5.45. The number of nitrogens with zero attached hydrogens (tertiary/aromatic N) is 2. The molecule has 2 heterocycles. The van der Waals surface area contributed by atoms with E-state index in [9.17, 15) is 4.79 Å². The fraction of sp³-hybridized carbons (Fsp3) is 0.348. The van der Waals surface area contributed by atoms with Gasteiger partial charge in [0.1, 0.15) is 0 Å². The van der Waals surface area contributed by atoms with Gasteiger partial charge in [0, 0.05) is 18.7 Å². The van der Waals surface area contributed by atoms with Crippen molar-refractivity contribution in [1.82, 2.24) is 15.3 Å². The lowest BCUT2D eigenvalue weighted by Gasteiger charge is -2.12. The Labute approximate surface area is 181 Å². The number of carbonyl (C=O) groups excluding carboxylic acids is 1. The standard InChI is InChI=1S/C23H26ClN3OS/c1-4-12-25-22(28)14-17-8-6-16(7-9-17)13-19-18(5-2)15(3)26-23(27-19)20-10-11-21(24)29-20/h6-11H,4-5,12-14H2,1-3H3,(H,25,28). The van der Waals surface area contributed by atoms with Crippen molar-refractivity contribution in [3.05, 3.63) is 68.8 Å². The molecule has 29 heavy (non-hydrogen) atoms. The molecule has 152 valence electrons. The lowest BCUT2D eigenvalue weighted by atomic mass is 10.0. The van der Waals surface area contributed by atoms with E-state index in [2.05, 4.69) is 24.4 Å². The Morgan fingerprint density at radius 2 is 1.79 bits per heavy atom. The average Bonchev–Trinajstić information content (AvgIpc) is 3.14. The molecule has 1 aromatic carbocycles. The van der Waals surface area contributed by atoms with Crippen LogP contribution in [0.3, 0.4) is 0 Å². The van der Waals surface area contributed by atoms with Gasteiger partial charge in [-0.05, 0) is 48.6 Å². The van der Waals surface area contributed by atoms with Crippen LogP contribution in [-0.2, 0) is 24.1 Å². The minimum atomic E-state index is 0.0681. The van der Waals surface area contributed by atoms with E-state index in [0.29, 0.717) is 6.42 Å². The van der Waals surface area contributed by atoms with Gasteiger partial charge in [-0.3, -0.25) is 4.79 Å². The number of hydrogen-bond donors (Lipinski definition) is 1. The molecule has 0 fully saturated rings. The van der Waals surface area contributed by atoms with Gasteiger partial charge in [0.05, 0.1) is 21.3 Å². The van der Waals surface area contributed by atoms with E-state index in [1.54, 1.807) is 0 Å². The van der Waals surface area contributed by atoms with Crippen LogP contribution in [0, 0.1) is 6.92 Å². The third kappa shape index (κ3) is 5.64. The molecule has 0 saturated carbocycles. The van der Waals surface area contributed by atoms with E-state index in [4.69, 9.17) is 21.6 Å². The van der Waals surface area contributed by atoms with Crippen LogP contribution in [0.15, 0.2) is 36.4 Å². The summed E-state index contributed by atoms with van der Waals surface area (Å²) in [5, 5.41) is 2.92. The van der Waals surface area contributed by atoms with Crippen LogP contribution in [0.4, 0.5) is 0 Å². The van der Waals surface area contributed by atoms with Crippen LogP contribution >= 0.6 is 22.9 Å². The van der Waals surface area contributed by atoms with Gasteiger partial charge in [0.2, 0.25) is 5.91 Å². The molecule has 3 rings (SSSR count). The second-order valence-corrected chi connectivity index (χ2v) is 8.75. The molecule has 0 atom stereocenters. The van der Waals surface area contributed by atoms with Gasteiger partial charge in [-0.1, -0.05) is 49.7 Å². The number of carbonyl (C=O) groups is 1. The Bertz CT molecular complexity index is 982. The number of thiophene rings is 1. The van der Waals surface area contributed by atoms with Crippen molar-refractivity contribution in [2.45, 2.75) is 46.5 Å². The van der Waals surface area contributed by atoms with Crippen molar-refractivity contribution in [2.24, 2.45) is 0 Å². The number of aromatic nitrogens is 2. The van der Waals surface area contributed by atoms with Crippen molar-refractivity contribution >= 4 is 28.8 Å². The molecule has 2 aromatic heterocycles. The fourth-order valence-electron chi connectivity index (χ4n) is 3.29. The number of nitrogens with one attached hydrogen (secondary N) is 1. The van der Waals surface area contributed by atoms with Crippen LogP contribution in [0.2, 0.25) is 4.34 Å². The van der Waals surface area contributed by atoms with Crippen molar-refractivity contribution in [3.63, 3.8) is 0 Å². The highest BCUT2D eigenvalue weighted by molar-refractivity contribution is 7.19. The Balaban J connectivity index is 1.80. The van der Waals surface area contributed by atoms with Gasteiger partial charge in [-0.25, -0.2) is 9.97 Å². The number of aryl methyl sites for hydroxylation is 1. The van der Waals surface area contributed by atoms with Crippen molar-refractivity contribution in [2.75, 3.05) is 6.54 Å². The first-order valence-corrected chi connectivity index (χ1v) is 11.2. The summed E-state index contributed by atoms with van der Waals surface area (Å²) in [5.74, 6) is 0.800. The van der Waals surface area contributed by atoms with Crippen molar-refractivity contribution in [3.8, 4) is 10.7 Å². The maximum atomic E-state index is 11.9. The number of benzene rings is 1. The zero-order chi connectivity index (χ0) is 20.8. The topological polar surface area (TPSA) is 54.9 Å². The highest BCUT2D eigenvalue weighted by Gasteiger charge is 2.14. The molecule has 0 radical (unpaired) electrons. The summed E-state index contributed by atoms with van der Waals surface area (Å²) in [6, 6.07) is 12.1. The molecule has 0 unspecified atom stereocenters. The van der Waals surface area contributed by atoms with Crippen LogP contribution < -0.4 is 5.32 Å². The fourth-order valence-corrected chi connectivity index (χ4v) is 4.26. The normalized spacial score (nSPS) is 10.9. The predicted octanol–water partition coefficient (Wildman–Crippen LogP) is 5.39. The minimum absolute atomic E-state index is 0.0681. The van der Waals surface area contributed by atoms with E-state index in [1.807, 2.05) is 38.1 Å². The first-order chi connectivity index (χ1) is 14.0. The number of halogens is 1. The van der Waals surface area contributed by atoms with Gasteiger partial charge in [-0.2, -0.15) is 0 Å². The zero-order valence-corrected chi connectivity index (χ0v) is 18.7. The minimum Gasteiger partial charge on any atom is -0.356 e. The lowest BCUT2D eigenvalue weighted by molar-refractivity contribution is -0.120. The SMILES string of the molecule is CCCNC(=O)Cc1ccc(Cc2nc(-c3ccc(Cl)s3)nc(C)c2CC)cc1. The van der Waals surface area contributed by atoms with Gasteiger partial charge >= 0.3 is 0 Å². The monoisotopic (exact) mass is 427 g/mol. The highest BCUT2D eigenvalue weighted by atomic mass is 35.5. The molecule has 4 nitrogen and oxygen atoms in total. The quantitative estimate of drug-likeness (QED) is 0.524. The highest BCUT2D eigenvalue weighted by Crippen LogP contribution is 2.30. The van der Waals surface area contributed by atoms with Crippen molar-refractivity contribution in [1.29, 1.82) is 0 Å². The summed E-state index contributed by atoms with van der Waals surface area (Å²) >= 11 is 7.59. The third-order valence-electron chi connectivity index (χ3n) is 4.78. The number of rotatable bonds is 8. The lowest BCUT2D eigenvalue weighted by Crippen LogP contribution is -2.25. The largest absolute Gasteiger partial charge is 0.356 e. The van der Waals surface area contributed by atoms with Gasteiger partial charge in [0.25, 0.3) is 0 Å². The van der Waals surface area contributed by atoms with Crippen LogP contribution in [0.25, 0.3) is 10.7 Å². The Kier molecular flexibility index (Phi) is 7.40. The van der Waals surface area contributed by atoms with Crippen molar-refractivity contribution < 1.29 is 4.79 Å². The molecule has 6 heteroatoms. The maximum Gasteiger partial charge on any atom is 0.224 e. The summed E-state index contributed by atoms with van der Waals surface area (Å²) in [6.07, 6.45) is 2.99. The number of hydrogen-bond acceptors (Lipinski definition) is 4. The van der Waals surface area contributed by atoms with E-state index >= 15 is 0 Å². The zero-order valence-electron chi connectivity index (χ0n) is 17.1. The average molecular weight is 428 g/mol. The molecule has 0 aliphatic rings. The molecular weight excluding hydrogens is 402 g/mol. The summed E-state index contributed by atoms with van der Waals surface area (Å²) in [6.45, 7) is 6.95. The summed E-state index contributed by atoms with van der Waals surface area (Å²) < 4.78 is 0.737. The smallest absolute Gasteiger partial charge is 0.224 e. The second kappa shape index (κ2) is 9.99. The predicted molar refractivity (Wildman–Crippen MR) is 121 cm³/mol. The van der Waals surface area contributed by atoms with E-state index in [1.165, 1.54) is 22.5 Å². The molecule has 0 aliphatic carbocycles. The molecule has 0 saturated heterocycles. The van der Waals surface area contributed by atoms with E-state index < -0.39 is 0 Å². The molecule has 1 N–H and O–H groups in total. The molecule has 1 amide bonds. The molecule has 0 spiro atoms. The first-order valence-electron chi connectivity index (χ1n) is 9.96. The van der Waals surface area contributed by atoms with Crippen LogP contribution in [0.5, 0.6) is 0 Å². The first kappa shape index (κ1) is 21.5. The summed E-state index contributed by atoms with van der Waals surface area (Å²) in [4.78, 5) is 22.4. The maximum absolute atomic E-state index is 11.9. The van der Waals surface area contributed by atoms with Gasteiger partial charge < -0.3 is 5.32 Å². The van der Waals surface area contributed by atoms with Crippen LogP contribution in [0.1, 0.15) is 48.3 Å². The molecule has 0 bridgehead atoms. The molecule has 3 aromatic rings. The number of amides is 1.